The molecule has 5 heteroatoms. The lowest BCUT2D eigenvalue weighted by molar-refractivity contribution is -0.115. The van der Waals surface area contributed by atoms with Crippen molar-refractivity contribution in [3.8, 4) is 5.75 Å². The molecule has 0 fully saturated rings. The molecule has 0 radical (unpaired) electrons. The van der Waals surface area contributed by atoms with Crippen molar-refractivity contribution in [2.75, 3.05) is 11.9 Å². The van der Waals surface area contributed by atoms with Crippen molar-refractivity contribution in [3.63, 3.8) is 0 Å². The second-order valence-electron chi connectivity index (χ2n) is 5.66. The first-order valence-electron chi connectivity index (χ1n) is 8.07. The molecule has 0 saturated carbocycles. The highest BCUT2D eigenvalue weighted by atomic mass is 32.1. The molecule has 0 unspecified atom stereocenters. The normalized spacial score (nSPS) is 10.5. The number of anilines is 1. The Hall–Kier alpha value is -2.66. The lowest BCUT2D eigenvalue weighted by atomic mass is 10.1. The van der Waals surface area contributed by atoms with Gasteiger partial charge < -0.3 is 10.1 Å². The van der Waals surface area contributed by atoms with Crippen LogP contribution in [-0.4, -0.2) is 17.6 Å². The van der Waals surface area contributed by atoms with E-state index < -0.39 is 0 Å². The van der Waals surface area contributed by atoms with Gasteiger partial charge in [-0.15, -0.1) is 0 Å². The van der Waals surface area contributed by atoms with Crippen LogP contribution in [0.25, 0.3) is 6.08 Å². The largest absolute Gasteiger partial charge is 0.494 e. The maximum Gasteiger partial charge on any atom is 0.250 e. The minimum Gasteiger partial charge on any atom is -0.494 e. The smallest absolute Gasteiger partial charge is 0.250 e. The molecule has 0 bridgehead atoms. The van der Waals surface area contributed by atoms with Gasteiger partial charge in [0.1, 0.15) is 5.75 Å². The van der Waals surface area contributed by atoms with Crippen LogP contribution in [0.4, 0.5) is 5.69 Å². The van der Waals surface area contributed by atoms with Crippen molar-refractivity contribution in [2.24, 2.45) is 0 Å². The Balaban J connectivity index is 1.89. The van der Waals surface area contributed by atoms with Gasteiger partial charge in [-0.25, -0.2) is 0 Å². The van der Waals surface area contributed by atoms with Crippen LogP contribution >= 0.6 is 12.2 Å². The Kier molecular flexibility index (Phi) is 6.71. The highest BCUT2D eigenvalue weighted by molar-refractivity contribution is 7.80. The highest BCUT2D eigenvalue weighted by Gasteiger charge is 2.03. The van der Waals surface area contributed by atoms with Gasteiger partial charge in [-0.1, -0.05) is 18.2 Å². The van der Waals surface area contributed by atoms with Crippen LogP contribution in [0.15, 0.2) is 48.5 Å². The Morgan fingerprint density at radius 1 is 1.12 bits per heavy atom. The van der Waals surface area contributed by atoms with Gasteiger partial charge in [0.25, 0.3) is 0 Å². The van der Waals surface area contributed by atoms with Crippen molar-refractivity contribution in [2.45, 2.75) is 20.8 Å². The zero-order valence-corrected chi connectivity index (χ0v) is 15.4. The third kappa shape index (κ3) is 6.39. The molecule has 1 amide bonds. The fraction of sp³-hybridized carbons (Fsp3) is 0.200. The van der Waals surface area contributed by atoms with Crippen LogP contribution in [0.1, 0.15) is 23.6 Å². The Labute approximate surface area is 153 Å². The van der Waals surface area contributed by atoms with Gasteiger partial charge in [-0.3, -0.25) is 10.1 Å². The van der Waals surface area contributed by atoms with Crippen molar-refractivity contribution >= 4 is 35.0 Å². The summed E-state index contributed by atoms with van der Waals surface area (Å²) in [6.45, 7) is 6.59. The number of carbonyl (C=O) groups excluding carboxylic acids is 1. The zero-order chi connectivity index (χ0) is 18.2. The Bertz CT molecular complexity index is 763. The highest BCUT2D eigenvalue weighted by Crippen LogP contribution is 2.14. The third-order valence-corrected chi connectivity index (χ3v) is 3.54. The molecular weight excluding hydrogens is 332 g/mol. The molecule has 2 aromatic carbocycles. The summed E-state index contributed by atoms with van der Waals surface area (Å²) in [5.41, 5.74) is 4.03. The van der Waals surface area contributed by atoms with Gasteiger partial charge in [0, 0.05) is 11.8 Å². The van der Waals surface area contributed by atoms with Gasteiger partial charge in [-0.2, -0.15) is 0 Å². The van der Waals surface area contributed by atoms with Crippen LogP contribution < -0.4 is 15.4 Å². The number of hydrogen-bond donors (Lipinski definition) is 2. The maximum atomic E-state index is 12.0. The zero-order valence-electron chi connectivity index (χ0n) is 14.6. The van der Waals surface area contributed by atoms with E-state index in [-0.39, 0.29) is 11.0 Å². The molecule has 2 N–H and O–H groups in total. The number of hydrogen-bond acceptors (Lipinski definition) is 3. The van der Waals surface area contributed by atoms with Crippen LogP contribution in [0.2, 0.25) is 0 Å². The van der Waals surface area contributed by atoms with Crippen LogP contribution in [0.5, 0.6) is 5.75 Å². The predicted molar refractivity (Wildman–Crippen MR) is 107 cm³/mol. The van der Waals surface area contributed by atoms with Crippen LogP contribution in [-0.2, 0) is 4.79 Å². The number of benzene rings is 2. The van der Waals surface area contributed by atoms with E-state index in [9.17, 15) is 4.79 Å². The van der Waals surface area contributed by atoms with Crippen LogP contribution in [0.3, 0.4) is 0 Å². The molecule has 4 nitrogen and oxygen atoms in total. The van der Waals surface area contributed by atoms with Crippen molar-refractivity contribution in [1.82, 2.24) is 5.32 Å². The standard InChI is InChI=1S/C20H22N2O2S/c1-4-24-18-8-5-16(6-9-18)7-10-19(23)22-20(25)21-17-12-14(2)11-15(3)13-17/h5-13H,4H2,1-3H3,(H2,21,22,23,25)/b10-7+. The van der Waals surface area contributed by atoms with Gasteiger partial charge in [0.05, 0.1) is 6.61 Å². The summed E-state index contributed by atoms with van der Waals surface area (Å²) < 4.78 is 5.38. The SMILES string of the molecule is CCOc1ccc(/C=C/C(=O)NC(=S)Nc2cc(C)cc(C)c2)cc1. The summed E-state index contributed by atoms with van der Waals surface area (Å²) >= 11 is 5.18. The molecule has 0 aliphatic carbocycles. The summed E-state index contributed by atoms with van der Waals surface area (Å²) in [7, 11) is 0. The predicted octanol–water partition coefficient (Wildman–Crippen LogP) is 4.23. The first-order chi connectivity index (χ1) is 12.0. The van der Waals surface area contributed by atoms with E-state index in [0.29, 0.717) is 6.61 Å². The maximum absolute atomic E-state index is 12.0. The van der Waals surface area contributed by atoms with Crippen molar-refractivity contribution in [3.05, 3.63) is 65.2 Å². The molecule has 2 aromatic rings. The molecule has 0 aromatic heterocycles. The average Bonchev–Trinajstić information content (AvgIpc) is 2.53. The summed E-state index contributed by atoms with van der Waals surface area (Å²) in [6.07, 6.45) is 3.18. The summed E-state index contributed by atoms with van der Waals surface area (Å²) in [6, 6.07) is 13.5. The molecule has 0 heterocycles. The van der Waals surface area contributed by atoms with Crippen molar-refractivity contribution in [1.29, 1.82) is 0 Å². The molecule has 0 saturated heterocycles. The molecule has 130 valence electrons. The molecule has 0 atom stereocenters. The first-order valence-corrected chi connectivity index (χ1v) is 8.48. The fourth-order valence-electron chi connectivity index (χ4n) is 2.38. The molecule has 0 aliphatic rings. The van der Waals surface area contributed by atoms with E-state index in [0.717, 1.165) is 28.1 Å². The minimum absolute atomic E-state index is 0.270. The molecule has 2 rings (SSSR count). The van der Waals surface area contributed by atoms with E-state index in [2.05, 4.69) is 16.7 Å². The Morgan fingerprint density at radius 3 is 2.36 bits per heavy atom. The second-order valence-corrected chi connectivity index (χ2v) is 6.06. The number of ether oxygens (including phenoxy) is 1. The van der Waals surface area contributed by atoms with E-state index >= 15 is 0 Å². The lowest BCUT2D eigenvalue weighted by Crippen LogP contribution is -2.32. The number of aryl methyl sites for hydroxylation is 2. The number of thiocarbonyl (C=S) groups is 1. The van der Waals surface area contributed by atoms with Gasteiger partial charge in [0.2, 0.25) is 5.91 Å². The summed E-state index contributed by atoms with van der Waals surface area (Å²) in [5, 5.41) is 5.93. The Morgan fingerprint density at radius 2 is 1.76 bits per heavy atom. The fourth-order valence-corrected chi connectivity index (χ4v) is 2.59. The average molecular weight is 354 g/mol. The lowest BCUT2D eigenvalue weighted by Gasteiger charge is -2.09. The number of carbonyl (C=O) groups is 1. The summed E-state index contributed by atoms with van der Waals surface area (Å²) in [4.78, 5) is 12.0. The van der Waals surface area contributed by atoms with Crippen molar-refractivity contribution < 1.29 is 9.53 Å². The summed E-state index contributed by atoms with van der Waals surface area (Å²) in [5.74, 6) is 0.527. The van der Waals surface area contributed by atoms with E-state index in [4.69, 9.17) is 17.0 Å². The van der Waals surface area contributed by atoms with E-state index in [1.54, 1.807) is 6.08 Å². The quantitative estimate of drug-likeness (QED) is 0.623. The molecule has 0 spiro atoms. The molecule has 25 heavy (non-hydrogen) atoms. The first kappa shape index (κ1) is 18.7. The topological polar surface area (TPSA) is 50.4 Å². The van der Waals surface area contributed by atoms with Gasteiger partial charge in [0.15, 0.2) is 5.11 Å². The molecular formula is C20H22N2O2S. The van der Waals surface area contributed by atoms with Crippen LogP contribution in [0, 0.1) is 13.8 Å². The number of nitrogens with one attached hydrogen (secondary N) is 2. The molecule has 0 aliphatic heterocycles. The van der Waals surface area contributed by atoms with Gasteiger partial charge >= 0.3 is 0 Å². The van der Waals surface area contributed by atoms with Gasteiger partial charge in [-0.05, 0) is 80.0 Å². The monoisotopic (exact) mass is 354 g/mol. The van der Waals surface area contributed by atoms with E-state index in [1.807, 2.05) is 57.2 Å². The third-order valence-electron chi connectivity index (χ3n) is 3.33. The van der Waals surface area contributed by atoms with E-state index in [1.165, 1.54) is 6.08 Å². The number of amides is 1. The second kappa shape index (κ2) is 8.99. The number of rotatable bonds is 5. The minimum atomic E-state index is -0.282.